The zero-order valence-electron chi connectivity index (χ0n) is 38.3. The summed E-state index contributed by atoms with van der Waals surface area (Å²) < 4.78 is 9.17. The van der Waals surface area contributed by atoms with E-state index in [1.54, 1.807) is 0 Å². The van der Waals surface area contributed by atoms with Crippen LogP contribution in [0, 0.1) is 20.8 Å². The number of rotatable bonds is 7. The Labute approximate surface area is 390 Å². The molecule has 3 heteroatoms. The van der Waals surface area contributed by atoms with Crippen LogP contribution in [0.1, 0.15) is 18.1 Å². The summed E-state index contributed by atoms with van der Waals surface area (Å²) in [4.78, 5) is 5.02. The summed E-state index contributed by atoms with van der Waals surface area (Å²) in [5.74, 6) is 0. The predicted octanol–water partition coefficient (Wildman–Crippen LogP) is 15.0. The number of benzene rings is 10. The smallest absolute Gasteiger partial charge is 0.252 e. The van der Waals surface area contributed by atoms with Gasteiger partial charge in [-0.25, -0.2) is 0 Å². The fraction of sp³-hybridized carbons (Fsp3) is 0.0476. The molecule has 312 valence electrons. The first-order valence-electron chi connectivity index (χ1n) is 23.4. The summed E-state index contributed by atoms with van der Waals surface area (Å²) in [5, 5.41) is 0. The van der Waals surface area contributed by atoms with Gasteiger partial charge in [0.1, 0.15) is 0 Å². The number of fused-ring (bicyclic) bond motifs is 4. The molecular weight excluding hydrogens is 796 g/mol. The second-order valence-electron chi connectivity index (χ2n) is 17.9. The second-order valence-corrected chi connectivity index (χ2v) is 17.9. The molecule has 0 saturated carbocycles. The lowest BCUT2D eigenvalue weighted by Gasteiger charge is -2.44. The second kappa shape index (κ2) is 16.1. The van der Waals surface area contributed by atoms with E-state index in [4.69, 9.17) is 0 Å². The SMILES string of the molecule is [2H]c1ccc2c(c1)B1c3ccccc3N(c3cc(-c4ccccc4)cc(-c4ccccc4)c3)c3cc(-c4c(C)cc(C)cc4C)cc(c31)N2c1cc(-c2ccccc2)cc(-c2ccccc2)c1. The van der Waals surface area contributed by atoms with Gasteiger partial charge in [0.05, 0.1) is 1.37 Å². The van der Waals surface area contributed by atoms with Crippen LogP contribution in [0.25, 0.3) is 55.6 Å². The molecule has 12 rings (SSSR count). The standard InChI is InChI=1S/C63H47BN2/c1-42-32-43(2)62(44(3)33-42)53-40-60-63-61(41-53)66(55-38-51(47-24-12-6-13-25-47)35-52(39-55)48-26-14-7-15-27-48)59-31-19-17-29-57(59)64(63)56-28-16-18-30-58(56)65(60)54-36-49(45-20-8-4-9-21-45)34-50(37-54)46-22-10-5-11-23-46/h4-41H,1-3H3/i16D. The largest absolute Gasteiger partial charge is 0.311 e. The quantitative estimate of drug-likeness (QED) is 0.148. The van der Waals surface area contributed by atoms with E-state index >= 15 is 0 Å². The van der Waals surface area contributed by atoms with Crippen LogP contribution >= 0.6 is 0 Å². The van der Waals surface area contributed by atoms with E-state index in [0.29, 0.717) is 6.04 Å². The van der Waals surface area contributed by atoms with Gasteiger partial charge < -0.3 is 9.80 Å². The predicted molar refractivity (Wildman–Crippen MR) is 282 cm³/mol. The van der Waals surface area contributed by atoms with E-state index in [9.17, 15) is 1.37 Å². The summed E-state index contributed by atoms with van der Waals surface area (Å²) in [5.41, 5.74) is 25.6. The molecule has 2 aliphatic rings. The maximum absolute atomic E-state index is 9.17. The Morgan fingerprint density at radius 1 is 0.333 bits per heavy atom. The van der Waals surface area contributed by atoms with Gasteiger partial charge in [-0.15, -0.1) is 0 Å². The number of para-hydroxylation sites is 2. The fourth-order valence-electron chi connectivity index (χ4n) is 10.8. The Hall–Kier alpha value is -8.14. The highest BCUT2D eigenvalue weighted by Gasteiger charge is 2.43. The van der Waals surface area contributed by atoms with Crippen molar-refractivity contribution >= 4 is 57.2 Å². The van der Waals surface area contributed by atoms with Crippen LogP contribution in [-0.4, -0.2) is 6.71 Å². The Kier molecular flexibility index (Phi) is 9.37. The molecule has 0 aromatic heterocycles. The molecule has 0 bridgehead atoms. The molecule has 2 nitrogen and oxygen atoms in total. The molecule has 0 aliphatic carbocycles. The molecule has 10 aromatic carbocycles. The first kappa shape index (κ1) is 38.3. The lowest BCUT2D eigenvalue weighted by Crippen LogP contribution is -2.61. The zero-order valence-corrected chi connectivity index (χ0v) is 37.3. The van der Waals surface area contributed by atoms with Crippen molar-refractivity contribution in [2.24, 2.45) is 0 Å². The summed E-state index contributed by atoms with van der Waals surface area (Å²) in [6.07, 6.45) is 0. The summed E-state index contributed by atoms with van der Waals surface area (Å²) in [6, 6.07) is 82.3. The number of hydrogen-bond acceptors (Lipinski definition) is 2. The van der Waals surface area contributed by atoms with Gasteiger partial charge in [0.2, 0.25) is 0 Å². The van der Waals surface area contributed by atoms with Crippen LogP contribution in [0.3, 0.4) is 0 Å². The van der Waals surface area contributed by atoms with Crippen molar-refractivity contribution in [1.82, 2.24) is 0 Å². The first-order valence-corrected chi connectivity index (χ1v) is 22.9. The molecule has 66 heavy (non-hydrogen) atoms. The van der Waals surface area contributed by atoms with Crippen molar-refractivity contribution in [3.63, 3.8) is 0 Å². The van der Waals surface area contributed by atoms with Crippen LogP contribution in [0.4, 0.5) is 34.1 Å². The maximum atomic E-state index is 9.17. The van der Waals surface area contributed by atoms with Gasteiger partial charge in [0.25, 0.3) is 6.71 Å². The highest BCUT2D eigenvalue weighted by Crippen LogP contribution is 2.49. The van der Waals surface area contributed by atoms with Crippen molar-refractivity contribution < 1.29 is 1.37 Å². The Morgan fingerprint density at radius 3 is 1.15 bits per heavy atom. The minimum atomic E-state index is -0.125. The third-order valence-electron chi connectivity index (χ3n) is 13.6. The highest BCUT2D eigenvalue weighted by atomic mass is 15.2. The minimum absolute atomic E-state index is 0.125. The fourth-order valence-corrected chi connectivity index (χ4v) is 10.8. The van der Waals surface area contributed by atoms with E-state index in [0.717, 1.165) is 73.0 Å². The number of aryl methyl sites for hydroxylation is 3. The molecular formula is C63H47BN2. The molecule has 0 fully saturated rings. The average Bonchev–Trinajstić information content (AvgIpc) is 3.36. The molecule has 0 N–H and O–H groups in total. The van der Waals surface area contributed by atoms with Crippen LogP contribution in [-0.2, 0) is 0 Å². The van der Waals surface area contributed by atoms with Crippen molar-refractivity contribution in [1.29, 1.82) is 0 Å². The van der Waals surface area contributed by atoms with E-state index in [1.807, 2.05) is 6.07 Å². The molecule has 0 unspecified atom stereocenters. The van der Waals surface area contributed by atoms with Gasteiger partial charge >= 0.3 is 0 Å². The minimum Gasteiger partial charge on any atom is -0.311 e. The first-order chi connectivity index (χ1) is 32.9. The molecule has 10 aromatic rings. The lowest BCUT2D eigenvalue weighted by molar-refractivity contribution is 1.25. The summed E-state index contributed by atoms with van der Waals surface area (Å²) in [6.45, 7) is 6.57. The van der Waals surface area contributed by atoms with Crippen molar-refractivity contribution in [3.05, 3.63) is 247 Å². The van der Waals surface area contributed by atoms with Crippen molar-refractivity contribution in [2.75, 3.05) is 9.80 Å². The van der Waals surface area contributed by atoms with Gasteiger partial charge in [-0.3, -0.25) is 0 Å². The Morgan fingerprint density at radius 2 is 0.712 bits per heavy atom. The van der Waals surface area contributed by atoms with Gasteiger partial charge in [-0.05, 0) is 165 Å². The average molecular weight is 844 g/mol. The third-order valence-corrected chi connectivity index (χ3v) is 13.6. The zero-order chi connectivity index (χ0) is 45.2. The van der Waals surface area contributed by atoms with Crippen LogP contribution in [0.2, 0.25) is 0 Å². The van der Waals surface area contributed by atoms with Gasteiger partial charge in [-0.2, -0.15) is 0 Å². The number of anilines is 6. The Bertz CT molecular complexity index is 3360. The third kappa shape index (κ3) is 6.75. The molecule has 0 radical (unpaired) electrons. The van der Waals surface area contributed by atoms with Crippen LogP contribution in [0.15, 0.2) is 230 Å². The maximum Gasteiger partial charge on any atom is 0.252 e. The van der Waals surface area contributed by atoms with Gasteiger partial charge in [0, 0.05) is 34.1 Å². The number of hydrogen-bond donors (Lipinski definition) is 0. The molecule has 0 spiro atoms. The summed E-state index contributed by atoms with van der Waals surface area (Å²) >= 11 is 0. The van der Waals surface area contributed by atoms with E-state index in [1.165, 1.54) is 49.9 Å². The van der Waals surface area contributed by atoms with Crippen molar-refractivity contribution in [2.45, 2.75) is 20.8 Å². The van der Waals surface area contributed by atoms with E-state index in [-0.39, 0.29) is 6.71 Å². The molecule has 0 amide bonds. The molecule has 0 atom stereocenters. The van der Waals surface area contributed by atoms with E-state index < -0.39 is 0 Å². The highest BCUT2D eigenvalue weighted by molar-refractivity contribution is 7.00. The molecule has 2 aliphatic heterocycles. The van der Waals surface area contributed by atoms with E-state index in [2.05, 4.69) is 249 Å². The van der Waals surface area contributed by atoms with Crippen LogP contribution in [0.5, 0.6) is 0 Å². The normalized spacial score (nSPS) is 12.6. The van der Waals surface area contributed by atoms with Crippen molar-refractivity contribution in [3.8, 4) is 55.6 Å². The van der Waals surface area contributed by atoms with Gasteiger partial charge in [-0.1, -0.05) is 175 Å². The number of nitrogens with zero attached hydrogens (tertiary/aromatic N) is 2. The topological polar surface area (TPSA) is 6.48 Å². The van der Waals surface area contributed by atoms with Crippen LogP contribution < -0.4 is 26.2 Å². The lowest BCUT2D eigenvalue weighted by atomic mass is 9.33. The molecule has 2 heterocycles. The molecule has 0 saturated heterocycles. The monoisotopic (exact) mass is 843 g/mol. The van der Waals surface area contributed by atoms with Gasteiger partial charge in [0.15, 0.2) is 0 Å². The summed E-state index contributed by atoms with van der Waals surface area (Å²) in [7, 11) is 0. The Balaban J connectivity index is 1.20.